The zero-order chi connectivity index (χ0) is 17.9. The molecule has 2 aromatic rings. The van der Waals surface area contributed by atoms with E-state index >= 15 is 0 Å². The Labute approximate surface area is 145 Å². The number of carbonyl (C=O) groups excluding carboxylic acids is 1. The minimum Gasteiger partial charge on any atom is -0.379 e. The molecule has 0 bridgehead atoms. The minimum atomic E-state index is -1.43. The third-order valence-electron chi connectivity index (χ3n) is 4.42. The summed E-state index contributed by atoms with van der Waals surface area (Å²) in [6.07, 6.45) is 1.16. The summed E-state index contributed by atoms with van der Waals surface area (Å²) in [4.78, 5) is 28.0. The van der Waals surface area contributed by atoms with Gasteiger partial charge in [0, 0.05) is 19.6 Å². The average Bonchev–Trinajstić information content (AvgIpc) is 2.98. The lowest BCUT2D eigenvalue weighted by atomic mass is 9.91. The Morgan fingerprint density at radius 1 is 1.40 bits per heavy atom. The zero-order valence-electron chi connectivity index (χ0n) is 14.2. The Bertz CT molecular complexity index is 799. The van der Waals surface area contributed by atoms with E-state index in [-0.39, 0.29) is 24.7 Å². The van der Waals surface area contributed by atoms with Gasteiger partial charge in [0.25, 0.3) is 5.91 Å². The molecule has 25 heavy (non-hydrogen) atoms. The molecule has 8 heteroatoms. The van der Waals surface area contributed by atoms with Crippen molar-refractivity contribution in [2.24, 2.45) is 0 Å². The lowest BCUT2D eigenvalue weighted by Crippen LogP contribution is -2.57. The first-order valence-corrected chi connectivity index (χ1v) is 8.38. The minimum absolute atomic E-state index is 0.116. The van der Waals surface area contributed by atoms with E-state index in [1.54, 1.807) is 4.90 Å². The van der Waals surface area contributed by atoms with Crippen LogP contribution in [0.15, 0.2) is 29.1 Å². The van der Waals surface area contributed by atoms with E-state index in [0.717, 1.165) is 17.5 Å². The Kier molecular flexibility index (Phi) is 5.00. The van der Waals surface area contributed by atoms with E-state index in [1.165, 1.54) is 0 Å². The predicted molar refractivity (Wildman–Crippen MR) is 91.7 cm³/mol. The predicted octanol–water partition coefficient (Wildman–Crippen LogP) is 0.0497. The number of nitrogens with one attached hydrogen (secondary N) is 3. The van der Waals surface area contributed by atoms with Gasteiger partial charge in [0.15, 0.2) is 5.60 Å². The van der Waals surface area contributed by atoms with Crippen molar-refractivity contribution < 1.29 is 9.90 Å². The maximum Gasteiger partial charge on any atom is 0.340 e. The summed E-state index contributed by atoms with van der Waals surface area (Å²) in [6, 6.07) is 8.02. The topological polar surface area (TPSA) is 114 Å². The number of aliphatic hydroxyl groups is 1. The molecule has 2 heterocycles. The highest BCUT2D eigenvalue weighted by atomic mass is 16.3. The summed E-state index contributed by atoms with van der Waals surface area (Å²) in [5.74, 6) is 0.178. The molecule has 8 nitrogen and oxygen atoms in total. The fraction of sp³-hybridized carbons (Fsp3) is 0.471. The second kappa shape index (κ2) is 7.20. The van der Waals surface area contributed by atoms with Gasteiger partial charge >= 0.3 is 5.69 Å². The molecule has 1 fully saturated rings. The molecule has 1 aromatic carbocycles. The molecule has 134 valence electrons. The summed E-state index contributed by atoms with van der Waals surface area (Å²) < 4.78 is 0. The number of likely N-dealkylation sites (tertiary alicyclic amines) is 1. The highest BCUT2D eigenvalue weighted by Crippen LogP contribution is 2.24. The van der Waals surface area contributed by atoms with Gasteiger partial charge in [0.05, 0.1) is 6.54 Å². The number of hydrogen-bond donors (Lipinski definition) is 4. The summed E-state index contributed by atoms with van der Waals surface area (Å²) >= 11 is 0. The molecule has 0 aliphatic carbocycles. The van der Waals surface area contributed by atoms with Gasteiger partial charge in [0.1, 0.15) is 5.82 Å². The number of benzene rings is 1. The van der Waals surface area contributed by atoms with Crippen LogP contribution in [0.1, 0.15) is 29.8 Å². The van der Waals surface area contributed by atoms with Crippen molar-refractivity contribution in [3.63, 3.8) is 0 Å². The van der Waals surface area contributed by atoms with Gasteiger partial charge in [-0.1, -0.05) is 29.8 Å². The van der Waals surface area contributed by atoms with Gasteiger partial charge < -0.3 is 15.3 Å². The second-order valence-corrected chi connectivity index (χ2v) is 6.58. The first kappa shape index (κ1) is 17.4. The highest BCUT2D eigenvalue weighted by molar-refractivity contribution is 5.86. The smallest absolute Gasteiger partial charge is 0.340 e. The van der Waals surface area contributed by atoms with Gasteiger partial charge in [-0.15, -0.1) is 0 Å². The molecule has 1 saturated heterocycles. The van der Waals surface area contributed by atoms with Gasteiger partial charge in [-0.05, 0) is 25.3 Å². The maximum absolute atomic E-state index is 12.7. The molecule has 0 radical (unpaired) electrons. The molecule has 0 spiro atoms. The largest absolute Gasteiger partial charge is 0.379 e. The molecule has 1 aliphatic rings. The number of piperidine rings is 1. The van der Waals surface area contributed by atoms with Crippen LogP contribution in [0.3, 0.4) is 0 Å². The maximum atomic E-state index is 12.7. The van der Waals surface area contributed by atoms with Crippen LogP contribution in [0, 0.1) is 6.92 Å². The van der Waals surface area contributed by atoms with Crippen molar-refractivity contribution in [3.8, 4) is 0 Å². The number of nitrogens with zero attached hydrogens (tertiary/aromatic N) is 2. The SMILES string of the molecule is Cc1cccc(CN2CCC[C@](O)(CNCc3n[nH]c(=O)[nH]3)C2=O)c1. The third-order valence-corrected chi connectivity index (χ3v) is 4.42. The van der Waals surface area contributed by atoms with Crippen molar-refractivity contribution in [1.82, 2.24) is 25.4 Å². The summed E-state index contributed by atoms with van der Waals surface area (Å²) in [5.41, 5.74) is 0.388. The molecule has 1 aromatic heterocycles. The van der Waals surface area contributed by atoms with E-state index in [9.17, 15) is 14.7 Å². The van der Waals surface area contributed by atoms with E-state index in [2.05, 4.69) is 20.5 Å². The fourth-order valence-corrected chi connectivity index (χ4v) is 3.19. The van der Waals surface area contributed by atoms with Crippen molar-refractivity contribution >= 4 is 5.91 Å². The van der Waals surface area contributed by atoms with Crippen LogP contribution in [-0.2, 0) is 17.9 Å². The summed E-state index contributed by atoms with van der Waals surface area (Å²) in [5, 5.41) is 19.8. The average molecular weight is 345 g/mol. The zero-order valence-corrected chi connectivity index (χ0v) is 14.2. The Morgan fingerprint density at radius 2 is 2.24 bits per heavy atom. The van der Waals surface area contributed by atoms with Gasteiger partial charge in [0.2, 0.25) is 0 Å². The monoisotopic (exact) mass is 345 g/mol. The molecule has 1 aliphatic heterocycles. The number of amides is 1. The Hall–Kier alpha value is -2.45. The fourth-order valence-electron chi connectivity index (χ4n) is 3.19. The molecule has 4 N–H and O–H groups in total. The molecule has 0 saturated carbocycles. The highest BCUT2D eigenvalue weighted by Gasteiger charge is 2.41. The quantitative estimate of drug-likeness (QED) is 0.591. The van der Waals surface area contributed by atoms with Crippen molar-refractivity contribution in [3.05, 3.63) is 51.7 Å². The van der Waals surface area contributed by atoms with E-state index in [1.807, 2.05) is 31.2 Å². The van der Waals surface area contributed by atoms with Crippen LogP contribution in [-0.4, -0.2) is 49.8 Å². The molecule has 0 unspecified atom stereocenters. The number of aromatic nitrogens is 3. The number of H-pyrrole nitrogens is 2. The van der Waals surface area contributed by atoms with Gasteiger partial charge in [-0.3, -0.25) is 9.78 Å². The van der Waals surface area contributed by atoms with Gasteiger partial charge in [-0.25, -0.2) is 9.89 Å². The number of aromatic amines is 2. The molecular weight excluding hydrogens is 322 g/mol. The van der Waals surface area contributed by atoms with E-state index in [4.69, 9.17) is 0 Å². The van der Waals surface area contributed by atoms with Crippen molar-refractivity contribution in [1.29, 1.82) is 0 Å². The Morgan fingerprint density at radius 3 is 2.96 bits per heavy atom. The van der Waals surface area contributed by atoms with Crippen molar-refractivity contribution in [2.75, 3.05) is 13.1 Å². The number of rotatable bonds is 6. The van der Waals surface area contributed by atoms with Crippen LogP contribution >= 0.6 is 0 Å². The summed E-state index contributed by atoms with van der Waals surface area (Å²) in [6.45, 7) is 3.54. The van der Waals surface area contributed by atoms with Crippen LogP contribution < -0.4 is 11.0 Å². The lowest BCUT2D eigenvalue weighted by Gasteiger charge is -2.38. The Balaban J connectivity index is 1.60. The first-order valence-electron chi connectivity index (χ1n) is 8.38. The van der Waals surface area contributed by atoms with E-state index < -0.39 is 5.60 Å². The van der Waals surface area contributed by atoms with E-state index in [0.29, 0.717) is 25.3 Å². The standard InChI is InChI=1S/C17H23N5O3/c1-12-4-2-5-13(8-12)10-22-7-3-6-17(25,15(22)23)11-18-9-14-19-16(24)21-20-14/h2,4-5,8,18,25H,3,6-7,9-11H2,1H3,(H2,19,20,21,24)/t17-/m0/s1. The van der Waals surface area contributed by atoms with Gasteiger partial charge in [-0.2, -0.15) is 5.10 Å². The first-order chi connectivity index (χ1) is 12.0. The molecule has 1 amide bonds. The lowest BCUT2D eigenvalue weighted by molar-refractivity contribution is -0.157. The molecule has 3 rings (SSSR count). The van der Waals surface area contributed by atoms with Crippen LogP contribution in [0.5, 0.6) is 0 Å². The van der Waals surface area contributed by atoms with Crippen molar-refractivity contribution in [2.45, 2.75) is 38.5 Å². The summed E-state index contributed by atoms with van der Waals surface area (Å²) in [7, 11) is 0. The number of hydrogen-bond acceptors (Lipinski definition) is 5. The molecular formula is C17H23N5O3. The third kappa shape index (κ3) is 4.15. The number of carbonyl (C=O) groups is 1. The molecule has 1 atom stereocenters. The normalized spacial score (nSPS) is 20.9. The number of aryl methyl sites for hydroxylation is 1. The van der Waals surface area contributed by atoms with Crippen LogP contribution in [0.2, 0.25) is 0 Å². The second-order valence-electron chi connectivity index (χ2n) is 6.58. The van der Waals surface area contributed by atoms with Crippen LogP contribution in [0.25, 0.3) is 0 Å². The van der Waals surface area contributed by atoms with Crippen LogP contribution in [0.4, 0.5) is 0 Å².